The van der Waals surface area contributed by atoms with Gasteiger partial charge >= 0.3 is 0 Å². The highest BCUT2D eigenvalue weighted by atomic mass is 79.9. The molecule has 25 heavy (non-hydrogen) atoms. The molecular weight excluding hydrogens is 382 g/mol. The molecule has 1 amide bonds. The topological polar surface area (TPSA) is 64.7 Å². The lowest BCUT2D eigenvalue weighted by Crippen LogP contribution is -2.13. The fourth-order valence-corrected chi connectivity index (χ4v) is 2.91. The number of halogens is 1. The Hall–Kier alpha value is -2.41. The average Bonchev–Trinajstić information content (AvgIpc) is 3.03. The molecule has 0 atom stereocenters. The first-order valence-corrected chi connectivity index (χ1v) is 8.74. The number of benzene rings is 1. The molecule has 1 N–H and O–H groups in total. The van der Waals surface area contributed by atoms with E-state index < -0.39 is 0 Å². The quantitative estimate of drug-likeness (QED) is 0.725. The molecule has 0 fully saturated rings. The van der Waals surface area contributed by atoms with Crippen LogP contribution in [0.5, 0.6) is 0 Å². The summed E-state index contributed by atoms with van der Waals surface area (Å²) >= 11 is 3.54. The molecule has 0 aliphatic rings. The van der Waals surface area contributed by atoms with E-state index in [1.807, 2.05) is 56.8 Å². The van der Waals surface area contributed by atoms with Gasteiger partial charge < -0.3 is 5.32 Å². The van der Waals surface area contributed by atoms with Gasteiger partial charge in [0.15, 0.2) is 0 Å². The van der Waals surface area contributed by atoms with Crippen LogP contribution in [0.15, 0.2) is 34.9 Å². The van der Waals surface area contributed by atoms with Crippen molar-refractivity contribution in [2.45, 2.75) is 27.3 Å². The molecule has 0 radical (unpaired) electrons. The van der Waals surface area contributed by atoms with Crippen molar-refractivity contribution in [2.75, 3.05) is 5.32 Å². The van der Waals surface area contributed by atoms with Crippen molar-refractivity contribution < 1.29 is 4.79 Å². The van der Waals surface area contributed by atoms with Crippen LogP contribution in [0.25, 0.3) is 0 Å². The third-order valence-electron chi connectivity index (χ3n) is 4.30. The van der Waals surface area contributed by atoms with Gasteiger partial charge in [-0.05, 0) is 54.4 Å². The molecule has 3 aromatic rings. The lowest BCUT2D eigenvalue weighted by molar-refractivity contribution is 0.102. The van der Waals surface area contributed by atoms with E-state index >= 15 is 0 Å². The maximum absolute atomic E-state index is 12.5. The number of hydrogen-bond acceptors (Lipinski definition) is 3. The molecule has 130 valence electrons. The standard InChI is InChI=1S/C18H20BrN5O/c1-11-17(19)13(3)24(22-11)10-14-6-5-7-15(8-14)18(25)21-16-9-20-23(4)12(16)2/h5-9H,10H2,1-4H3,(H,21,25). The first-order valence-electron chi connectivity index (χ1n) is 7.95. The van der Waals surface area contributed by atoms with Crippen molar-refractivity contribution in [1.82, 2.24) is 19.6 Å². The third kappa shape index (κ3) is 3.51. The zero-order valence-electron chi connectivity index (χ0n) is 14.7. The van der Waals surface area contributed by atoms with Gasteiger partial charge in [0.25, 0.3) is 5.91 Å². The normalized spacial score (nSPS) is 10.9. The summed E-state index contributed by atoms with van der Waals surface area (Å²) in [6.45, 7) is 6.52. The molecule has 0 saturated heterocycles. The Morgan fingerprint density at radius 2 is 2.00 bits per heavy atom. The number of rotatable bonds is 4. The molecule has 1 aromatic carbocycles. The summed E-state index contributed by atoms with van der Waals surface area (Å²) in [5, 5.41) is 11.6. The number of carbonyl (C=O) groups is 1. The highest BCUT2D eigenvalue weighted by molar-refractivity contribution is 9.10. The summed E-state index contributed by atoms with van der Waals surface area (Å²) in [6.07, 6.45) is 1.66. The van der Waals surface area contributed by atoms with E-state index in [-0.39, 0.29) is 5.91 Å². The van der Waals surface area contributed by atoms with E-state index in [1.54, 1.807) is 10.9 Å². The van der Waals surface area contributed by atoms with Crippen molar-refractivity contribution in [2.24, 2.45) is 7.05 Å². The summed E-state index contributed by atoms with van der Waals surface area (Å²) in [4.78, 5) is 12.5. The van der Waals surface area contributed by atoms with Gasteiger partial charge in [0.05, 0.1) is 40.0 Å². The van der Waals surface area contributed by atoms with Crippen LogP contribution < -0.4 is 5.32 Å². The fourth-order valence-electron chi connectivity index (χ4n) is 2.63. The molecule has 3 rings (SSSR count). The van der Waals surface area contributed by atoms with Crippen LogP contribution in [0.4, 0.5) is 5.69 Å². The van der Waals surface area contributed by atoms with Crippen LogP contribution >= 0.6 is 15.9 Å². The van der Waals surface area contributed by atoms with Crippen molar-refractivity contribution in [1.29, 1.82) is 0 Å². The molecule has 0 saturated carbocycles. The highest BCUT2D eigenvalue weighted by Crippen LogP contribution is 2.21. The molecular formula is C18H20BrN5O. The number of aromatic nitrogens is 4. The predicted octanol–water partition coefficient (Wildman–Crippen LogP) is 3.60. The molecule has 2 aromatic heterocycles. The van der Waals surface area contributed by atoms with Crippen molar-refractivity contribution in [3.05, 3.63) is 63.1 Å². The number of amides is 1. The molecule has 7 heteroatoms. The molecule has 0 aliphatic heterocycles. The first kappa shape index (κ1) is 17.4. The molecule has 2 heterocycles. The minimum atomic E-state index is -0.146. The Morgan fingerprint density at radius 3 is 2.60 bits per heavy atom. The summed E-state index contributed by atoms with van der Waals surface area (Å²) in [7, 11) is 1.85. The first-order chi connectivity index (χ1) is 11.9. The van der Waals surface area contributed by atoms with Crippen LogP contribution in [0.2, 0.25) is 0 Å². The van der Waals surface area contributed by atoms with E-state index in [2.05, 4.69) is 31.4 Å². The monoisotopic (exact) mass is 401 g/mol. The Labute approximate surface area is 155 Å². The summed E-state index contributed by atoms with van der Waals surface area (Å²) in [5.74, 6) is -0.146. The van der Waals surface area contributed by atoms with Crippen LogP contribution in [-0.2, 0) is 13.6 Å². The maximum atomic E-state index is 12.5. The van der Waals surface area contributed by atoms with Gasteiger partial charge in [0.1, 0.15) is 0 Å². The van der Waals surface area contributed by atoms with Crippen molar-refractivity contribution >= 4 is 27.5 Å². The van der Waals surface area contributed by atoms with Crippen molar-refractivity contribution in [3.63, 3.8) is 0 Å². The molecule has 0 bridgehead atoms. The molecule has 6 nitrogen and oxygen atoms in total. The predicted molar refractivity (Wildman–Crippen MR) is 101 cm³/mol. The van der Waals surface area contributed by atoms with E-state index in [0.717, 1.165) is 32.8 Å². The average molecular weight is 402 g/mol. The van der Waals surface area contributed by atoms with Crippen LogP contribution in [0.3, 0.4) is 0 Å². The van der Waals surface area contributed by atoms with Crippen molar-refractivity contribution in [3.8, 4) is 0 Å². The van der Waals surface area contributed by atoms with Gasteiger partial charge in [-0.1, -0.05) is 12.1 Å². The Bertz CT molecular complexity index is 941. The molecule has 0 unspecified atom stereocenters. The number of anilines is 1. The van der Waals surface area contributed by atoms with E-state index in [4.69, 9.17) is 0 Å². The highest BCUT2D eigenvalue weighted by Gasteiger charge is 2.12. The second-order valence-electron chi connectivity index (χ2n) is 6.06. The number of aryl methyl sites for hydroxylation is 2. The Morgan fingerprint density at radius 1 is 1.24 bits per heavy atom. The molecule has 0 spiro atoms. The smallest absolute Gasteiger partial charge is 0.255 e. The number of carbonyl (C=O) groups excluding carboxylic acids is 1. The summed E-state index contributed by atoms with van der Waals surface area (Å²) < 4.78 is 4.68. The molecule has 0 aliphatic carbocycles. The Balaban J connectivity index is 1.80. The number of nitrogens with one attached hydrogen (secondary N) is 1. The minimum absolute atomic E-state index is 0.146. The van der Waals surface area contributed by atoms with Crippen LogP contribution in [-0.4, -0.2) is 25.5 Å². The summed E-state index contributed by atoms with van der Waals surface area (Å²) in [5.41, 5.74) is 5.30. The lowest BCUT2D eigenvalue weighted by Gasteiger charge is -2.08. The minimum Gasteiger partial charge on any atom is -0.319 e. The Kier molecular flexibility index (Phi) is 4.76. The second kappa shape index (κ2) is 6.84. The second-order valence-corrected chi connectivity index (χ2v) is 6.86. The third-order valence-corrected chi connectivity index (χ3v) is 5.45. The zero-order chi connectivity index (χ0) is 18.1. The van der Waals surface area contributed by atoms with E-state index in [9.17, 15) is 4.79 Å². The van der Waals surface area contributed by atoms with Gasteiger partial charge in [-0.3, -0.25) is 14.2 Å². The van der Waals surface area contributed by atoms with E-state index in [1.165, 1.54) is 0 Å². The van der Waals surface area contributed by atoms with Gasteiger partial charge in [0.2, 0.25) is 0 Å². The van der Waals surface area contributed by atoms with Gasteiger partial charge in [-0.15, -0.1) is 0 Å². The van der Waals surface area contributed by atoms with Crippen LogP contribution in [0.1, 0.15) is 33.0 Å². The lowest BCUT2D eigenvalue weighted by atomic mass is 10.1. The van der Waals surface area contributed by atoms with Crippen LogP contribution in [0, 0.1) is 20.8 Å². The number of nitrogens with zero attached hydrogens (tertiary/aromatic N) is 4. The van der Waals surface area contributed by atoms with Gasteiger partial charge in [-0.2, -0.15) is 10.2 Å². The SMILES string of the molecule is Cc1nn(Cc2cccc(C(=O)Nc3cnn(C)c3C)c2)c(C)c1Br. The fraction of sp³-hybridized carbons (Fsp3) is 0.278. The number of hydrogen-bond donors (Lipinski definition) is 1. The largest absolute Gasteiger partial charge is 0.319 e. The van der Waals surface area contributed by atoms with E-state index in [0.29, 0.717) is 12.1 Å². The zero-order valence-corrected chi connectivity index (χ0v) is 16.3. The van der Waals surface area contributed by atoms with Gasteiger partial charge in [-0.25, -0.2) is 0 Å². The maximum Gasteiger partial charge on any atom is 0.255 e. The van der Waals surface area contributed by atoms with Gasteiger partial charge in [0, 0.05) is 12.6 Å². The summed E-state index contributed by atoms with van der Waals surface area (Å²) in [6, 6.07) is 7.59.